The maximum Gasteiger partial charge on any atom is 0.343 e. The molecule has 0 unspecified atom stereocenters. The van der Waals surface area contributed by atoms with E-state index < -0.39 is 17.9 Å². The van der Waals surface area contributed by atoms with Gasteiger partial charge in [-0.1, -0.05) is 13.3 Å². The van der Waals surface area contributed by atoms with Gasteiger partial charge in [0.25, 0.3) is 0 Å². The highest BCUT2D eigenvalue weighted by Gasteiger charge is 2.20. The first kappa shape index (κ1) is 25.3. The van der Waals surface area contributed by atoms with Crippen molar-refractivity contribution >= 4 is 17.9 Å². The average Bonchev–Trinajstić information content (AvgIpc) is 2.89. The summed E-state index contributed by atoms with van der Waals surface area (Å²) in [6.07, 6.45) is 1.52. The summed E-state index contributed by atoms with van der Waals surface area (Å²) in [6, 6.07) is 16.9. The lowest BCUT2D eigenvalue weighted by Gasteiger charge is -2.12. The Morgan fingerprint density at radius 2 is 1.17 bits per heavy atom. The minimum Gasteiger partial charge on any atom is -0.497 e. The number of ether oxygens (including phenoxy) is 5. The molecule has 35 heavy (non-hydrogen) atoms. The molecule has 0 bridgehead atoms. The maximum atomic E-state index is 12.7. The number of hydrogen-bond donors (Lipinski definition) is 0. The normalized spacial score (nSPS) is 10.3. The Morgan fingerprint density at radius 3 is 1.69 bits per heavy atom. The fourth-order valence-corrected chi connectivity index (χ4v) is 2.99. The monoisotopic (exact) mass is 478 g/mol. The largest absolute Gasteiger partial charge is 0.497 e. The number of unbranched alkanes of at least 4 members (excludes halogenated alkanes) is 1. The molecular weight excluding hydrogens is 452 g/mol. The molecule has 0 aromatic heterocycles. The van der Waals surface area contributed by atoms with Crippen LogP contribution in [-0.2, 0) is 4.74 Å². The van der Waals surface area contributed by atoms with Crippen LogP contribution in [0.4, 0.5) is 0 Å². The number of hydrogen-bond acceptors (Lipinski definition) is 8. The Bertz CT molecular complexity index is 1170. The highest BCUT2D eigenvalue weighted by Crippen LogP contribution is 2.27. The molecule has 0 atom stereocenters. The van der Waals surface area contributed by atoms with Crippen LogP contribution in [0.3, 0.4) is 0 Å². The molecule has 3 aromatic carbocycles. The van der Waals surface area contributed by atoms with Crippen molar-refractivity contribution in [3.63, 3.8) is 0 Å². The molecule has 0 spiro atoms. The molecule has 3 aromatic rings. The molecule has 0 N–H and O–H groups in total. The average molecular weight is 478 g/mol. The first-order chi connectivity index (χ1) is 16.9. The fourth-order valence-electron chi connectivity index (χ4n) is 2.99. The second kappa shape index (κ2) is 12.2. The summed E-state index contributed by atoms with van der Waals surface area (Å²) in [6.45, 7) is 2.17. The summed E-state index contributed by atoms with van der Waals surface area (Å²) in [5.74, 6) is -0.724. The van der Waals surface area contributed by atoms with Gasteiger partial charge in [-0.3, -0.25) is 0 Å². The van der Waals surface area contributed by atoms with Crippen molar-refractivity contribution in [2.75, 3.05) is 20.8 Å². The number of methoxy groups -OCH3 is 2. The molecular formula is C27H26O8. The van der Waals surface area contributed by atoms with Crippen molar-refractivity contribution in [1.29, 1.82) is 0 Å². The molecule has 0 saturated carbocycles. The Labute approximate surface area is 203 Å². The fraction of sp³-hybridized carbons (Fsp3) is 0.222. The van der Waals surface area contributed by atoms with Crippen LogP contribution in [0.5, 0.6) is 23.0 Å². The van der Waals surface area contributed by atoms with Crippen molar-refractivity contribution in [2.45, 2.75) is 19.8 Å². The molecule has 0 aliphatic rings. The molecule has 0 fully saturated rings. The van der Waals surface area contributed by atoms with E-state index in [1.54, 1.807) is 48.5 Å². The van der Waals surface area contributed by atoms with E-state index in [-0.39, 0.29) is 29.2 Å². The zero-order valence-electron chi connectivity index (χ0n) is 19.7. The van der Waals surface area contributed by atoms with Crippen molar-refractivity contribution in [2.24, 2.45) is 0 Å². The molecule has 8 heteroatoms. The van der Waals surface area contributed by atoms with Crippen molar-refractivity contribution in [3.05, 3.63) is 83.4 Å². The number of carbonyl (C=O) groups excluding carboxylic acids is 3. The molecule has 0 aliphatic carbocycles. The van der Waals surface area contributed by atoms with Crippen LogP contribution >= 0.6 is 0 Å². The third kappa shape index (κ3) is 6.83. The van der Waals surface area contributed by atoms with Crippen molar-refractivity contribution in [3.8, 4) is 23.0 Å². The predicted molar refractivity (Wildman–Crippen MR) is 128 cm³/mol. The molecule has 182 valence electrons. The smallest absolute Gasteiger partial charge is 0.343 e. The van der Waals surface area contributed by atoms with Crippen molar-refractivity contribution < 1.29 is 38.1 Å². The lowest BCUT2D eigenvalue weighted by Crippen LogP contribution is -2.14. The maximum absolute atomic E-state index is 12.7. The molecule has 3 rings (SSSR count). The molecule has 0 aliphatic heterocycles. The van der Waals surface area contributed by atoms with E-state index in [9.17, 15) is 14.4 Å². The molecule has 8 nitrogen and oxygen atoms in total. The van der Waals surface area contributed by atoms with Gasteiger partial charge in [-0.15, -0.1) is 0 Å². The van der Waals surface area contributed by atoms with Crippen LogP contribution in [0.25, 0.3) is 0 Å². The lowest BCUT2D eigenvalue weighted by molar-refractivity contribution is 0.0492. The third-order valence-corrected chi connectivity index (χ3v) is 4.97. The number of esters is 3. The molecule has 0 heterocycles. The number of benzene rings is 3. The second-order valence-corrected chi connectivity index (χ2v) is 7.38. The highest BCUT2D eigenvalue weighted by molar-refractivity contribution is 5.97. The van der Waals surface area contributed by atoms with Gasteiger partial charge < -0.3 is 23.7 Å². The topological polar surface area (TPSA) is 97.4 Å². The van der Waals surface area contributed by atoms with Crippen LogP contribution in [0.15, 0.2) is 66.7 Å². The summed E-state index contributed by atoms with van der Waals surface area (Å²) in [5.41, 5.74) is 0.530. The Balaban J connectivity index is 1.82. The zero-order valence-corrected chi connectivity index (χ0v) is 19.7. The van der Waals surface area contributed by atoms with E-state index >= 15 is 0 Å². The van der Waals surface area contributed by atoms with Gasteiger partial charge in [0, 0.05) is 0 Å². The van der Waals surface area contributed by atoms with Gasteiger partial charge in [-0.05, 0) is 73.2 Å². The van der Waals surface area contributed by atoms with Crippen LogP contribution in [0.2, 0.25) is 0 Å². The number of carbonyl (C=O) groups is 3. The zero-order chi connectivity index (χ0) is 25.2. The minimum absolute atomic E-state index is 0.0171. The van der Waals surface area contributed by atoms with Gasteiger partial charge in [-0.25, -0.2) is 14.4 Å². The first-order valence-corrected chi connectivity index (χ1v) is 11.0. The van der Waals surface area contributed by atoms with Gasteiger partial charge >= 0.3 is 17.9 Å². The summed E-state index contributed by atoms with van der Waals surface area (Å²) in [7, 11) is 3.05. The van der Waals surface area contributed by atoms with Crippen LogP contribution < -0.4 is 18.9 Å². The second-order valence-electron chi connectivity index (χ2n) is 7.38. The molecule has 0 radical (unpaired) electrons. The Morgan fingerprint density at radius 1 is 0.657 bits per heavy atom. The molecule has 0 amide bonds. The van der Waals surface area contributed by atoms with Crippen LogP contribution in [0.1, 0.15) is 50.8 Å². The van der Waals surface area contributed by atoms with E-state index in [2.05, 4.69) is 0 Å². The lowest BCUT2D eigenvalue weighted by atomic mass is 10.1. The summed E-state index contributed by atoms with van der Waals surface area (Å²) >= 11 is 0. The SMILES string of the molecule is CCCCOC(=O)c1cc(OC(=O)c2ccc(OC)cc2)ccc1OC(=O)c1ccc(OC)cc1. The van der Waals surface area contributed by atoms with Crippen molar-refractivity contribution in [1.82, 2.24) is 0 Å². The van der Waals surface area contributed by atoms with E-state index in [4.69, 9.17) is 23.7 Å². The van der Waals surface area contributed by atoms with Gasteiger partial charge in [0.05, 0.1) is 32.0 Å². The van der Waals surface area contributed by atoms with E-state index in [0.717, 1.165) is 6.42 Å². The van der Waals surface area contributed by atoms with Gasteiger partial charge in [0.1, 0.15) is 28.6 Å². The van der Waals surface area contributed by atoms with E-state index in [1.807, 2.05) is 6.92 Å². The number of rotatable bonds is 10. The highest BCUT2D eigenvalue weighted by atomic mass is 16.6. The summed E-state index contributed by atoms with van der Waals surface area (Å²) in [5, 5.41) is 0. The van der Waals surface area contributed by atoms with Gasteiger partial charge in [0.15, 0.2) is 0 Å². The summed E-state index contributed by atoms with van der Waals surface area (Å²) in [4.78, 5) is 37.9. The standard InChI is InChI=1S/C27H26O8/c1-4-5-16-33-27(30)23-17-22(34-25(28)18-6-10-20(31-2)11-7-18)14-15-24(23)35-26(29)19-8-12-21(32-3)13-9-19/h6-15,17H,4-5,16H2,1-3H3. The first-order valence-electron chi connectivity index (χ1n) is 11.0. The van der Waals surface area contributed by atoms with E-state index in [0.29, 0.717) is 23.5 Å². The predicted octanol–water partition coefficient (Wildman–Crippen LogP) is 5.10. The quantitative estimate of drug-likeness (QED) is 0.226. The van der Waals surface area contributed by atoms with Crippen LogP contribution in [-0.4, -0.2) is 38.7 Å². The molecule has 0 saturated heterocycles. The van der Waals surface area contributed by atoms with Gasteiger partial charge in [0.2, 0.25) is 0 Å². The van der Waals surface area contributed by atoms with Gasteiger partial charge in [-0.2, -0.15) is 0 Å². The Kier molecular flexibility index (Phi) is 8.83. The van der Waals surface area contributed by atoms with Crippen LogP contribution in [0, 0.1) is 0 Å². The summed E-state index contributed by atoms with van der Waals surface area (Å²) < 4.78 is 26.4. The minimum atomic E-state index is -0.696. The third-order valence-electron chi connectivity index (χ3n) is 4.97. The van der Waals surface area contributed by atoms with E-state index in [1.165, 1.54) is 32.4 Å². The Hall–Kier alpha value is -4.33.